The lowest BCUT2D eigenvalue weighted by Gasteiger charge is -1.93. The fraction of sp³-hybridized carbons (Fsp3) is 0.250. The van der Waals surface area contributed by atoms with Crippen molar-refractivity contribution in [2.45, 2.75) is 12.4 Å². The van der Waals surface area contributed by atoms with Crippen molar-refractivity contribution in [1.82, 2.24) is 4.98 Å². The molecule has 0 aromatic carbocycles. The molecule has 0 spiro atoms. The number of carboxylic acids is 2. The fourth-order valence-corrected chi connectivity index (χ4v) is 0.278. The monoisotopic (exact) mass is 295 g/mol. The van der Waals surface area contributed by atoms with Gasteiger partial charge in [-0.2, -0.15) is 26.3 Å². The van der Waals surface area contributed by atoms with Gasteiger partial charge in [-0.05, 0) is 12.1 Å². The Morgan fingerprint density at radius 2 is 1.00 bits per heavy atom. The second kappa shape index (κ2) is 8.00. The average Bonchev–Trinajstić information content (AvgIpc) is 2.72. The van der Waals surface area contributed by atoms with E-state index in [2.05, 4.69) is 4.98 Å². The normalized spacial score (nSPS) is 10.4. The second-order valence-corrected chi connectivity index (χ2v) is 2.49. The van der Waals surface area contributed by atoms with Crippen LogP contribution in [0.25, 0.3) is 0 Å². The number of nitrogens with one attached hydrogen (secondary N) is 1. The van der Waals surface area contributed by atoms with E-state index in [1.54, 1.807) is 0 Å². The molecule has 5 nitrogen and oxygen atoms in total. The van der Waals surface area contributed by atoms with E-state index in [1.807, 2.05) is 24.5 Å². The number of alkyl halides is 6. The summed E-state index contributed by atoms with van der Waals surface area (Å²) in [4.78, 5) is 20.7. The van der Waals surface area contributed by atoms with Crippen molar-refractivity contribution in [3.63, 3.8) is 0 Å². The van der Waals surface area contributed by atoms with Crippen LogP contribution in [0.2, 0.25) is 0 Å². The van der Waals surface area contributed by atoms with Crippen molar-refractivity contribution >= 4 is 11.9 Å². The molecule has 0 bridgehead atoms. The summed E-state index contributed by atoms with van der Waals surface area (Å²) in [5.41, 5.74) is 0. The zero-order valence-corrected chi connectivity index (χ0v) is 8.79. The highest BCUT2D eigenvalue weighted by Crippen LogP contribution is 2.13. The number of aromatic amines is 1. The summed E-state index contributed by atoms with van der Waals surface area (Å²) < 4.78 is 63.5. The van der Waals surface area contributed by atoms with Crippen LogP contribution >= 0.6 is 0 Å². The van der Waals surface area contributed by atoms with Crippen molar-refractivity contribution in [3.8, 4) is 0 Å². The molecule has 3 N–H and O–H groups in total. The molecule has 0 aliphatic carbocycles. The Morgan fingerprint density at radius 3 is 1.05 bits per heavy atom. The van der Waals surface area contributed by atoms with E-state index in [4.69, 9.17) is 19.8 Å². The zero-order chi connectivity index (χ0) is 15.7. The van der Waals surface area contributed by atoms with Crippen LogP contribution < -0.4 is 0 Å². The molecule has 0 unspecified atom stereocenters. The first-order valence-electron chi connectivity index (χ1n) is 4.07. The van der Waals surface area contributed by atoms with Crippen molar-refractivity contribution in [1.29, 1.82) is 0 Å². The van der Waals surface area contributed by atoms with E-state index in [1.165, 1.54) is 0 Å². The largest absolute Gasteiger partial charge is 0.490 e. The van der Waals surface area contributed by atoms with Gasteiger partial charge in [-0.25, -0.2) is 9.59 Å². The van der Waals surface area contributed by atoms with Gasteiger partial charge < -0.3 is 15.2 Å². The molecule has 0 aliphatic heterocycles. The van der Waals surface area contributed by atoms with Crippen molar-refractivity contribution in [3.05, 3.63) is 24.5 Å². The smallest absolute Gasteiger partial charge is 0.475 e. The zero-order valence-electron chi connectivity index (χ0n) is 8.79. The maximum atomic E-state index is 10.6. The van der Waals surface area contributed by atoms with Gasteiger partial charge in [-0.3, -0.25) is 0 Å². The van der Waals surface area contributed by atoms with Crippen LogP contribution in [-0.4, -0.2) is 39.5 Å². The van der Waals surface area contributed by atoms with E-state index in [-0.39, 0.29) is 0 Å². The number of hydrogen-bond donors (Lipinski definition) is 3. The van der Waals surface area contributed by atoms with Crippen molar-refractivity contribution in [2.75, 3.05) is 0 Å². The Bertz CT molecular complexity index is 328. The van der Waals surface area contributed by atoms with Crippen LogP contribution in [0.5, 0.6) is 0 Å². The lowest BCUT2D eigenvalue weighted by molar-refractivity contribution is -0.193. The molecule has 0 aliphatic rings. The van der Waals surface area contributed by atoms with Gasteiger partial charge in [0.1, 0.15) is 0 Å². The minimum absolute atomic E-state index is 1.88. The van der Waals surface area contributed by atoms with Gasteiger partial charge in [0, 0.05) is 12.4 Å². The molecular weight excluding hydrogens is 288 g/mol. The number of halogens is 6. The van der Waals surface area contributed by atoms with Crippen molar-refractivity contribution in [2.24, 2.45) is 0 Å². The molecule has 0 fully saturated rings. The summed E-state index contributed by atoms with van der Waals surface area (Å²) in [6.45, 7) is 0. The quantitative estimate of drug-likeness (QED) is 0.640. The molecule has 19 heavy (non-hydrogen) atoms. The van der Waals surface area contributed by atoms with Crippen LogP contribution in [0.15, 0.2) is 24.5 Å². The molecule has 1 aromatic heterocycles. The average molecular weight is 295 g/mol. The highest BCUT2D eigenvalue weighted by molar-refractivity contribution is 5.73. The molecule has 11 heteroatoms. The van der Waals surface area contributed by atoms with Gasteiger partial charge in [-0.15, -0.1) is 0 Å². The molecular formula is C8H7F6NO4. The van der Waals surface area contributed by atoms with E-state index in [0.29, 0.717) is 0 Å². The third-order valence-corrected chi connectivity index (χ3v) is 0.981. The number of carboxylic acid groups (broad SMARTS) is 2. The highest BCUT2D eigenvalue weighted by atomic mass is 19.4. The van der Waals surface area contributed by atoms with Gasteiger partial charge in [0.25, 0.3) is 0 Å². The maximum absolute atomic E-state index is 10.6. The number of rotatable bonds is 0. The van der Waals surface area contributed by atoms with Gasteiger partial charge >= 0.3 is 24.3 Å². The standard InChI is InChI=1S/C4H5N.2C2HF3O2/c1-2-4-5-3-1;2*3-2(4,5)1(6)7/h1-5H;2*(H,6,7). The third kappa shape index (κ3) is 13.7. The Hall–Kier alpha value is -2.20. The molecule has 0 atom stereocenters. The Morgan fingerprint density at radius 1 is 0.789 bits per heavy atom. The summed E-state index contributed by atoms with van der Waals surface area (Å²) in [5.74, 6) is -5.51. The minimum atomic E-state index is -5.08. The predicted molar refractivity (Wildman–Crippen MR) is 48.2 cm³/mol. The number of aliphatic carboxylic acids is 2. The van der Waals surface area contributed by atoms with Crippen LogP contribution in [-0.2, 0) is 9.59 Å². The predicted octanol–water partition coefficient (Wildman–Crippen LogP) is 2.28. The topological polar surface area (TPSA) is 90.4 Å². The van der Waals surface area contributed by atoms with Gasteiger partial charge in [0.15, 0.2) is 0 Å². The second-order valence-electron chi connectivity index (χ2n) is 2.49. The van der Waals surface area contributed by atoms with E-state index >= 15 is 0 Å². The highest BCUT2D eigenvalue weighted by Gasteiger charge is 2.38. The van der Waals surface area contributed by atoms with E-state index in [9.17, 15) is 26.3 Å². The number of hydrogen-bond acceptors (Lipinski definition) is 2. The minimum Gasteiger partial charge on any atom is -0.475 e. The summed E-state index contributed by atoms with van der Waals surface area (Å²) in [6, 6.07) is 3.89. The molecule has 1 heterocycles. The molecule has 110 valence electrons. The Kier molecular flexibility index (Phi) is 8.06. The molecule has 0 saturated carbocycles. The summed E-state index contributed by atoms with van der Waals surface area (Å²) in [7, 11) is 0. The Labute approximate surface area is 101 Å². The summed E-state index contributed by atoms with van der Waals surface area (Å²) >= 11 is 0. The lowest BCUT2D eigenvalue weighted by Crippen LogP contribution is -2.21. The van der Waals surface area contributed by atoms with Crippen LogP contribution in [0.1, 0.15) is 0 Å². The number of carbonyl (C=O) groups is 2. The first kappa shape index (κ1) is 19.1. The van der Waals surface area contributed by atoms with Crippen LogP contribution in [0.4, 0.5) is 26.3 Å². The Balaban J connectivity index is 0. The molecule has 0 amide bonds. The summed E-state index contributed by atoms with van der Waals surface area (Å²) in [6.07, 6.45) is -6.42. The molecule has 0 saturated heterocycles. The number of aromatic nitrogens is 1. The maximum Gasteiger partial charge on any atom is 0.490 e. The fourth-order valence-electron chi connectivity index (χ4n) is 0.278. The molecule has 1 aromatic rings. The first-order valence-corrected chi connectivity index (χ1v) is 4.07. The first-order chi connectivity index (χ1) is 8.39. The summed E-state index contributed by atoms with van der Waals surface area (Å²) in [5, 5.41) is 14.2. The van der Waals surface area contributed by atoms with Crippen molar-refractivity contribution < 1.29 is 46.1 Å². The SMILES string of the molecule is O=C(O)C(F)(F)F.O=C(O)C(F)(F)F.c1cc[nH]c1. The number of H-pyrrole nitrogens is 1. The molecule has 0 radical (unpaired) electrons. The van der Waals surface area contributed by atoms with Crippen LogP contribution in [0, 0.1) is 0 Å². The molecule has 1 rings (SSSR count). The van der Waals surface area contributed by atoms with Gasteiger partial charge in [0.05, 0.1) is 0 Å². The van der Waals surface area contributed by atoms with Gasteiger partial charge in [-0.1, -0.05) is 0 Å². The third-order valence-electron chi connectivity index (χ3n) is 0.981. The van der Waals surface area contributed by atoms with Crippen LogP contribution in [0.3, 0.4) is 0 Å². The van der Waals surface area contributed by atoms with E-state index < -0.39 is 24.3 Å². The lowest BCUT2D eigenvalue weighted by atomic mass is 10.7. The van der Waals surface area contributed by atoms with E-state index in [0.717, 1.165) is 0 Å². The van der Waals surface area contributed by atoms with Gasteiger partial charge in [0.2, 0.25) is 0 Å².